The highest BCUT2D eigenvalue weighted by atomic mass is 35.5. The summed E-state index contributed by atoms with van der Waals surface area (Å²) in [6.45, 7) is 7.43. The van der Waals surface area contributed by atoms with Crippen LogP contribution in [0.1, 0.15) is 31.4 Å². The first-order valence-corrected chi connectivity index (χ1v) is 9.50. The third-order valence-corrected chi connectivity index (χ3v) is 5.15. The standard InChI is InChI=1S/C21H28ClN3/c1-15(2)8-9-25-14-17-11-18(22)12-20(23)21(17)24-13-19(25)10-16-6-4-3-5-7-16/h3-7,11-12,15,19,24H,8-10,13-14,23H2,1-2H3. The molecule has 3 nitrogen and oxygen atoms in total. The smallest absolute Gasteiger partial charge is 0.0621 e. The molecule has 134 valence electrons. The maximum absolute atomic E-state index is 6.25. The maximum Gasteiger partial charge on any atom is 0.0621 e. The van der Waals surface area contributed by atoms with Crippen molar-refractivity contribution in [2.45, 2.75) is 39.3 Å². The predicted molar refractivity (Wildman–Crippen MR) is 108 cm³/mol. The predicted octanol–water partition coefficient (Wildman–Crippen LogP) is 4.81. The van der Waals surface area contributed by atoms with Crippen LogP contribution in [0.25, 0.3) is 0 Å². The molecular formula is C21H28ClN3. The normalized spacial score (nSPS) is 17.8. The van der Waals surface area contributed by atoms with E-state index in [-0.39, 0.29) is 0 Å². The van der Waals surface area contributed by atoms with Crippen LogP contribution in [-0.4, -0.2) is 24.0 Å². The third kappa shape index (κ3) is 4.68. The first-order valence-electron chi connectivity index (χ1n) is 9.12. The van der Waals surface area contributed by atoms with Crippen LogP contribution in [0.3, 0.4) is 0 Å². The quantitative estimate of drug-likeness (QED) is 0.754. The second-order valence-corrected chi connectivity index (χ2v) is 7.84. The topological polar surface area (TPSA) is 41.3 Å². The van der Waals surface area contributed by atoms with Gasteiger partial charge in [-0.25, -0.2) is 0 Å². The van der Waals surface area contributed by atoms with E-state index in [4.69, 9.17) is 17.3 Å². The van der Waals surface area contributed by atoms with Crippen molar-refractivity contribution in [3.8, 4) is 0 Å². The summed E-state index contributed by atoms with van der Waals surface area (Å²) in [5.74, 6) is 0.692. The number of benzene rings is 2. The highest BCUT2D eigenvalue weighted by Crippen LogP contribution is 2.32. The summed E-state index contributed by atoms with van der Waals surface area (Å²) in [4.78, 5) is 2.58. The second kappa shape index (κ2) is 8.11. The zero-order valence-corrected chi connectivity index (χ0v) is 15.9. The fourth-order valence-corrected chi connectivity index (χ4v) is 3.75. The number of anilines is 2. The van der Waals surface area contributed by atoms with Crippen LogP contribution in [0.4, 0.5) is 11.4 Å². The zero-order valence-electron chi connectivity index (χ0n) is 15.1. The Morgan fingerprint density at radius 3 is 2.72 bits per heavy atom. The summed E-state index contributed by atoms with van der Waals surface area (Å²) in [5, 5.41) is 4.29. The number of hydrogen-bond donors (Lipinski definition) is 2. The highest BCUT2D eigenvalue weighted by Gasteiger charge is 2.25. The zero-order chi connectivity index (χ0) is 17.8. The molecule has 0 radical (unpaired) electrons. The van der Waals surface area contributed by atoms with Crippen molar-refractivity contribution in [1.82, 2.24) is 4.90 Å². The van der Waals surface area contributed by atoms with Crippen LogP contribution < -0.4 is 11.1 Å². The number of hydrogen-bond acceptors (Lipinski definition) is 3. The van der Waals surface area contributed by atoms with Crippen LogP contribution in [0.15, 0.2) is 42.5 Å². The second-order valence-electron chi connectivity index (χ2n) is 7.41. The van der Waals surface area contributed by atoms with Gasteiger partial charge < -0.3 is 11.1 Å². The Balaban J connectivity index is 1.85. The summed E-state index contributed by atoms with van der Waals surface area (Å²) in [6.07, 6.45) is 2.23. The fourth-order valence-electron chi connectivity index (χ4n) is 3.50. The fraction of sp³-hybridized carbons (Fsp3) is 0.429. The van der Waals surface area contributed by atoms with Crippen LogP contribution in [-0.2, 0) is 13.0 Å². The Bertz CT molecular complexity index is 700. The minimum atomic E-state index is 0.437. The lowest BCUT2D eigenvalue weighted by Crippen LogP contribution is -2.40. The summed E-state index contributed by atoms with van der Waals surface area (Å²) >= 11 is 6.25. The van der Waals surface area contributed by atoms with Gasteiger partial charge >= 0.3 is 0 Å². The number of nitrogens with zero attached hydrogens (tertiary/aromatic N) is 1. The van der Waals surface area contributed by atoms with Gasteiger partial charge in [0, 0.05) is 24.2 Å². The number of halogens is 1. The van der Waals surface area contributed by atoms with Crippen LogP contribution in [0, 0.1) is 5.92 Å². The van der Waals surface area contributed by atoms with Crippen molar-refractivity contribution in [3.05, 3.63) is 58.6 Å². The number of nitrogens with two attached hydrogens (primary N) is 1. The van der Waals surface area contributed by atoms with Gasteiger partial charge in [-0.1, -0.05) is 55.8 Å². The minimum Gasteiger partial charge on any atom is -0.397 e. The van der Waals surface area contributed by atoms with E-state index in [1.807, 2.05) is 12.1 Å². The van der Waals surface area contributed by atoms with Gasteiger partial charge in [-0.05, 0) is 48.6 Å². The molecule has 2 aromatic rings. The van der Waals surface area contributed by atoms with Crippen molar-refractivity contribution >= 4 is 23.0 Å². The molecule has 0 saturated carbocycles. The van der Waals surface area contributed by atoms with Crippen molar-refractivity contribution in [1.29, 1.82) is 0 Å². The molecule has 0 bridgehead atoms. The van der Waals surface area contributed by atoms with Gasteiger partial charge in [0.25, 0.3) is 0 Å². The van der Waals surface area contributed by atoms with E-state index in [1.165, 1.54) is 17.5 Å². The Labute approximate surface area is 156 Å². The molecule has 4 heteroatoms. The molecule has 0 aliphatic carbocycles. The van der Waals surface area contributed by atoms with E-state index >= 15 is 0 Å². The van der Waals surface area contributed by atoms with E-state index in [9.17, 15) is 0 Å². The highest BCUT2D eigenvalue weighted by molar-refractivity contribution is 6.31. The Morgan fingerprint density at radius 2 is 2.00 bits per heavy atom. The van der Waals surface area contributed by atoms with Gasteiger partial charge in [0.05, 0.1) is 11.4 Å². The monoisotopic (exact) mass is 357 g/mol. The molecule has 0 aromatic heterocycles. The Morgan fingerprint density at radius 1 is 1.24 bits per heavy atom. The molecule has 0 spiro atoms. The summed E-state index contributed by atoms with van der Waals surface area (Å²) in [5.41, 5.74) is 10.6. The van der Waals surface area contributed by atoms with Gasteiger partial charge in [-0.15, -0.1) is 0 Å². The lowest BCUT2D eigenvalue weighted by Gasteiger charge is -2.30. The first-order chi connectivity index (χ1) is 12.0. The van der Waals surface area contributed by atoms with Gasteiger partial charge in [0.1, 0.15) is 0 Å². The molecule has 1 heterocycles. The largest absolute Gasteiger partial charge is 0.397 e. The number of nitrogen functional groups attached to an aromatic ring is 1. The number of fused-ring (bicyclic) bond motifs is 1. The molecule has 0 amide bonds. The van der Waals surface area contributed by atoms with Gasteiger partial charge in [-0.3, -0.25) is 4.90 Å². The molecule has 3 rings (SSSR count). The molecular weight excluding hydrogens is 330 g/mol. The lowest BCUT2D eigenvalue weighted by atomic mass is 10.0. The van der Waals surface area contributed by atoms with Gasteiger partial charge in [0.2, 0.25) is 0 Å². The Hall–Kier alpha value is -1.71. The molecule has 2 aromatic carbocycles. The van der Waals surface area contributed by atoms with Crippen molar-refractivity contribution in [2.75, 3.05) is 24.1 Å². The van der Waals surface area contributed by atoms with Crippen LogP contribution in [0.2, 0.25) is 5.02 Å². The summed E-state index contributed by atoms with van der Waals surface area (Å²) in [6, 6.07) is 15.1. The molecule has 3 N–H and O–H groups in total. The average Bonchev–Trinajstić information content (AvgIpc) is 2.73. The molecule has 1 aliphatic heterocycles. The molecule has 1 aliphatic rings. The molecule has 1 atom stereocenters. The van der Waals surface area contributed by atoms with E-state index in [0.717, 1.165) is 37.4 Å². The molecule has 0 saturated heterocycles. The van der Waals surface area contributed by atoms with Crippen LogP contribution >= 0.6 is 11.6 Å². The first kappa shape index (κ1) is 18.1. The van der Waals surface area contributed by atoms with Crippen molar-refractivity contribution in [3.63, 3.8) is 0 Å². The molecule has 0 fully saturated rings. The molecule has 1 unspecified atom stereocenters. The minimum absolute atomic E-state index is 0.437. The Kier molecular flexibility index (Phi) is 5.87. The number of rotatable bonds is 5. The average molecular weight is 358 g/mol. The SMILES string of the molecule is CC(C)CCN1Cc2cc(Cl)cc(N)c2NCC1Cc1ccccc1. The third-order valence-electron chi connectivity index (χ3n) is 4.93. The number of nitrogens with one attached hydrogen (secondary N) is 1. The van der Waals surface area contributed by atoms with Crippen molar-refractivity contribution < 1.29 is 0 Å². The summed E-state index contributed by atoms with van der Waals surface area (Å²) < 4.78 is 0. The van der Waals surface area contributed by atoms with E-state index in [0.29, 0.717) is 17.0 Å². The molecule has 25 heavy (non-hydrogen) atoms. The van der Waals surface area contributed by atoms with E-state index in [1.54, 1.807) is 0 Å². The van der Waals surface area contributed by atoms with E-state index < -0.39 is 0 Å². The van der Waals surface area contributed by atoms with Gasteiger partial charge in [-0.2, -0.15) is 0 Å². The van der Waals surface area contributed by atoms with Crippen molar-refractivity contribution in [2.24, 2.45) is 5.92 Å². The van der Waals surface area contributed by atoms with Gasteiger partial charge in [0.15, 0.2) is 0 Å². The van der Waals surface area contributed by atoms with E-state index in [2.05, 4.69) is 54.4 Å². The van der Waals surface area contributed by atoms with Crippen LogP contribution in [0.5, 0.6) is 0 Å². The lowest BCUT2D eigenvalue weighted by molar-refractivity contribution is 0.187. The summed E-state index contributed by atoms with van der Waals surface area (Å²) in [7, 11) is 0. The maximum atomic E-state index is 6.25.